The summed E-state index contributed by atoms with van der Waals surface area (Å²) in [6.07, 6.45) is 0. The van der Waals surface area contributed by atoms with Crippen molar-refractivity contribution in [2.75, 3.05) is 18.4 Å². The Bertz CT molecular complexity index is 688. The van der Waals surface area contributed by atoms with Crippen LogP contribution in [0, 0.1) is 0 Å². The van der Waals surface area contributed by atoms with Crippen LogP contribution in [0.5, 0.6) is 11.5 Å². The first-order chi connectivity index (χ1) is 10.2. The summed E-state index contributed by atoms with van der Waals surface area (Å²) in [7, 11) is 0. The van der Waals surface area contributed by atoms with Crippen LogP contribution < -0.4 is 15.4 Å². The molecule has 1 aliphatic heterocycles. The molecule has 1 heterocycles. The van der Waals surface area contributed by atoms with Gasteiger partial charge in [-0.05, 0) is 24.3 Å². The van der Waals surface area contributed by atoms with Crippen molar-refractivity contribution in [2.24, 2.45) is 4.99 Å². The molecule has 2 aromatic rings. The number of guanidine groups is 1. The van der Waals surface area contributed by atoms with E-state index in [-0.39, 0.29) is 0 Å². The molecule has 6 heteroatoms. The van der Waals surface area contributed by atoms with Gasteiger partial charge in [0.25, 0.3) is 0 Å². The third-order valence-corrected chi connectivity index (χ3v) is 3.67. The summed E-state index contributed by atoms with van der Waals surface area (Å²) < 4.78 is 5.87. The first-order valence-corrected chi connectivity index (χ1v) is 7.25. The van der Waals surface area contributed by atoms with Gasteiger partial charge < -0.3 is 15.4 Å². The molecule has 21 heavy (non-hydrogen) atoms. The lowest BCUT2D eigenvalue weighted by Crippen LogP contribution is -2.26. The number of halogens is 2. The van der Waals surface area contributed by atoms with Gasteiger partial charge in [0.15, 0.2) is 11.7 Å². The van der Waals surface area contributed by atoms with Crippen LogP contribution in [0.2, 0.25) is 10.0 Å². The number of nitrogens with one attached hydrogen (secondary N) is 2. The molecule has 0 amide bonds. The van der Waals surface area contributed by atoms with Gasteiger partial charge >= 0.3 is 0 Å². The minimum Gasteiger partial charge on any atom is -0.455 e. The normalized spacial score (nSPS) is 13.5. The highest BCUT2D eigenvalue weighted by molar-refractivity contribution is 6.42. The van der Waals surface area contributed by atoms with Gasteiger partial charge in [0.05, 0.1) is 22.3 Å². The Hall–Kier alpha value is -1.91. The predicted molar refractivity (Wildman–Crippen MR) is 86.9 cm³/mol. The molecule has 0 unspecified atom stereocenters. The predicted octanol–water partition coefficient (Wildman–Crippen LogP) is 4.16. The van der Waals surface area contributed by atoms with Gasteiger partial charge in [-0.25, -0.2) is 0 Å². The molecule has 0 saturated heterocycles. The highest BCUT2D eigenvalue weighted by Crippen LogP contribution is 2.32. The maximum atomic E-state index is 6.00. The number of ether oxygens (including phenoxy) is 1. The van der Waals surface area contributed by atoms with Crippen LogP contribution >= 0.6 is 23.2 Å². The molecule has 0 aromatic heterocycles. The first-order valence-electron chi connectivity index (χ1n) is 6.49. The fourth-order valence-electron chi connectivity index (χ4n) is 1.94. The van der Waals surface area contributed by atoms with Gasteiger partial charge in [0.2, 0.25) is 0 Å². The minimum absolute atomic E-state index is 0.460. The van der Waals surface area contributed by atoms with Crippen molar-refractivity contribution in [1.82, 2.24) is 5.32 Å². The zero-order valence-electron chi connectivity index (χ0n) is 11.1. The molecule has 0 spiro atoms. The number of anilines is 1. The number of hydrogen-bond acceptors (Lipinski definition) is 4. The second-order valence-electron chi connectivity index (χ2n) is 4.46. The van der Waals surface area contributed by atoms with Gasteiger partial charge in [-0.3, -0.25) is 4.99 Å². The van der Waals surface area contributed by atoms with E-state index < -0.39 is 0 Å². The summed E-state index contributed by atoms with van der Waals surface area (Å²) in [4.78, 5) is 4.31. The number of para-hydroxylation sites is 2. The van der Waals surface area contributed by atoms with Gasteiger partial charge in [0.1, 0.15) is 5.75 Å². The van der Waals surface area contributed by atoms with E-state index in [1.165, 1.54) is 0 Å². The van der Waals surface area contributed by atoms with Crippen LogP contribution in [-0.2, 0) is 0 Å². The Morgan fingerprint density at radius 3 is 2.71 bits per heavy atom. The Morgan fingerprint density at radius 1 is 1.10 bits per heavy atom. The average Bonchev–Trinajstić information content (AvgIpc) is 2.98. The summed E-state index contributed by atoms with van der Waals surface area (Å²) in [5, 5.41) is 7.33. The monoisotopic (exact) mass is 321 g/mol. The number of benzene rings is 2. The highest BCUT2D eigenvalue weighted by atomic mass is 35.5. The largest absolute Gasteiger partial charge is 0.455 e. The average molecular weight is 322 g/mol. The summed E-state index contributed by atoms with van der Waals surface area (Å²) in [5.41, 5.74) is 0.830. The molecular formula is C15H13Cl2N3O. The summed E-state index contributed by atoms with van der Waals surface area (Å²) in [6, 6.07) is 12.8. The van der Waals surface area contributed by atoms with Crippen LogP contribution in [0.25, 0.3) is 0 Å². The number of hydrogen-bond donors (Lipinski definition) is 2. The molecule has 0 fully saturated rings. The van der Waals surface area contributed by atoms with E-state index in [1.54, 1.807) is 18.2 Å². The first kappa shape index (κ1) is 14.0. The minimum atomic E-state index is 0.460. The number of nitrogens with zero attached hydrogens (tertiary/aromatic N) is 1. The van der Waals surface area contributed by atoms with E-state index in [1.807, 2.05) is 24.3 Å². The van der Waals surface area contributed by atoms with Crippen molar-refractivity contribution in [3.05, 3.63) is 52.5 Å². The highest BCUT2D eigenvalue weighted by Gasteiger charge is 2.10. The molecule has 0 saturated carbocycles. The van der Waals surface area contributed by atoms with E-state index >= 15 is 0 Å². The Morgan fingerprint density at radius 2 is 1.95 bits per heavy atom. The quantitative estimate of drug-likeness (QED) is 0.892. The number of rotatable bonds is 3. The van der Waals surface area contributed by atoms with Gasteiger partial charge in [-0.15, -0.1) is 0 Å². The van der Waals surface area contributed by atoms with Gasteiger partial charge in [-0.1, -0.05) is 35.3 Å². The second-order valence-corrected chi connectivity index (χ2v) is 5.27. The molecule has 1 aliphatic rings. The third-order valence-electron chi connectivity index (χ3n) is 2.93. The number of aliphatic imine (C=N–C) groups is 1. The molecule has 0 radical (unpaired) electrons. The Labute approximate surface area is 132 Å². The van der Waals surface area contributed by atoms with Crippen molar-refractivity contribution in [3.63, 3.8) is 0 Å². The zero-order valence-corrected chi connectivity index (χ0v) is 12.6. The lowest BCUT2D eigenvalue weighted by atomic mass is 10.3. The topological polar surface area (TPSA) is 45.6 Å². The van der Waals surface area contributed by atoms with Crippen molar-refractivity contribution >= 4 is 34.8 Å². The molecule has 2 N–H and O–H groups in total. The Balaban J connectivity index is 1.82. The summed E-state index contributed by atoms with van der Waals surface area (Å²) in [6.45, 7) is 1.62. The van der Waals surface area contributed by atoms with E-state index in [9.17, 15) is 0 Å². The molecule has 0 bridgehead atoms. The SMILES string of the molecule is Clc1ccc(Oc2ccccc2NC2=NCCN2)cc1Cl. The van der Waals surface area contributed by atoms with Crippen molar-refractivity contribution in [3.8, 4) is 11.5 Å². The molecule has 2 aromatic carbocycles. The second kappa shape index (κ2) is 6.24. The summed E-state index contributed by atoms with van der Waals surface area (Å²) >= 11 is 11.9. The van der Waals surface area contributed by atoms with Crippen LogP contribution in [0.1, 0.15) is 0 Å². The summed E-state index contributed by atoms with van der Waals surface area (Å²) in [5.74, 6) is 2.06. The zero-order chi connectivity index (χ0) is 14.7. The van der Waals surface area contributed by atoms with Crippen LogP contribution in [0.15, 0.2) is 47.5 Å². The van der Waals surface area contributed by atoms with E-state index in [4.69, 9.17) is 27.9 Å². The molecule has 0 aliphatic carbocycles. The van der Waals surface area contributed by atoms with Gasteiger partial charge in [-0.2, -0.15) is 0 Å². The van der Waals surface area contributed by atoms with Crippen molar-refractivity contribution in [2.45, 2.75) is 0 Å². The molecule has 3 rings (SSSR count). The maximum Gasteiger partial charge on any atom is 0.196 e. The van der Waals surface area contributed by atoms with Crippen molar-refractivity contribution in [1.29, 1.82) is 0 Å². The maximum absolute atomic E-state index is 6.00. The van der Waals surface area contributed by atoms with Crippen LogP contribution in [0.3, 0.4) is 0 Å². The molecule has 0 atom stereocenters. The lowest BCUT2D eigenvalue weighted by molar-refractivity contribution is 0.485. The lowest BCUT2D eigenvalue weighted by Gasteiger charge is -2.13. The fourth-order valence-corrected chi connectivity index (χ4v) is 2.22. The van der Waals surface area contributed by atoms with Crippen molar-refractivity contribution < 1.29 is 4.74 Å². The fraction of sp³-hybridized carbons (Fsp3) is 0.133. The Kier molecular flexibility index (Phi) is 4.18. The van der Waals surface area contributed by atoms with Gasteiger partial charge in [0, 0.05) is 12.6 Å². The van der Waals surface area contributed by atoms with E-state index in [0.29, 0.717) is 21.5 Å². The smallest absolute Gasteiger partial charge is 0.196 e. The molecular weight excluding hydrogens is 309 g/mol. The standard InChI is InChI=1S/C15H13Cl2N3O/c16-11-6-5-10(9-12(11)17)21-14-4-2-1-3-13(14)20-15-18-7-8-19-15/h1-6,9H,7-8H2,(H2,18,19,20). The molecule has 4 nitrogen and oxygen atoms in total. The van der Waals surface area contributed by atoms with E-state index in [0.717, 1.165) is 24.7 Å². The van der Waals surface area contributed by atoms with Crippen LogP contribution in [0.4, 0.5) is 5.69 Å². The molecule has 108 valence electrons. The van der Waals surface area contributed by atoms with Crippen LogP contribution in [-0.4, -0.2) is 19.0 Å². The third kappa shape index (κ3) is 3.40. The van der Waals surface area contributed by atoms with E-state index in [2.05, 4.69) is 15.6 Å².